The molecule has 0 fully saturated rings. The van der Waals surface area contributed by atoms with Gasteiger partial charge >= 0.3 is 0 Å². The molecular weight excluding hydrogens is 252 g/mol. The van der Waals surface area contributed by atoms with Crippen molar-refractivity contribution in [1.29, 1.82) is 0 Å². The van der Waals surface area contributed by atoms with E-state index in [0.29, 0.717) is 0 Å². The summed E-state index contributed by atoms with van der Waals surface area (Å²) in [6.07, 6.45) is 0. The fourth-order valence-corrected chi connectivity index (χ4v) is 18.1. The minimum Gasteiger partial charge on any atom is -0.0704 e. The maximum Gasteiger partial charge on any atom is 0.0396 e. The van der Waals surface area contributed by atoms with Gasteiger partial charge in [0.2, 0.25) is 0 Å². The zero-order valence-electron chi connectivity index (χ0n) is 10.7. The molecule has 0 amide bonds. The Morgan fingerprint density at radius 1 is 0.588 bits per heavy atom. The highest BCUT2D eigenvalue weighted by Gasteiger charge is 1.97. The molecular formula is C14H20Si3. The first-order chi connectivity index (χ1) is 8.24. The van der Waals surface area contributed by atoms with Gasteiger partial charge in [0.1, 0.15) is 0 Å². The van der Waals surface area contributed by atoms with Crippen LogP contribution in [0.25, 0.3) is 0 Å². The van der Waals surface area contributed by atoms with Crippen LogP contribution in [0.1, 0.15) is 11.1 Å². The van der Waals surface area contributed by atoms with Gasteiger partial charge in [-0.2, -0.15) is 0 Å². The third kappa shape index (κ3) is 4.11. The quantitative estimate of drug-likeness (QED) is 0.664. The average Bonchev–Trinajstić information content (AvgIpc) is 2.34. The van der Waals surface area contributed by atoms with Crippen LogP contribution in [0.3, 0.4) is 0 Å². The molecule has 88 valence electrons. The van der Waals surface area contributed by atoms with Crippen LogP contribution in [0.4, 0.5) is 0 Å². The molecule has 0 bridgehead atoms. The number of hydrogen-bond donors (Lipinski definition) is 0. The van der Waals surface area contributed by atoms with E-state index in [1.54, 1.807) is 10.4 Å². The molecule has 2 aromatic carbocycles. The van der Waals surface area contributed by atoms with E-state index in [1.165, 1.54) is 11.1 Å². The van der Waals surface area contributed by atoms with Crippen molar-refractivity contribution in [2.45, 2.75) is 13.8 Å². The minimum absolute atomic E-state index is 0.120. The predicted octanol–water partition coefficient (Wildman–Crippen LogP) is -0.409. The molecule has 0 aliphatic rings. The van der Waals surface area contributed by atoms with E-state index < -0.39 is 0 Å². The van der Waals surface area contributed by atoms with E-state index in [0.717, 1.165) is 0 Å². The van der Waals surface area contributed by atoms with Gasteiger partial charge in [-0.1, -0.05) is 70.0 Å². The van der Waals surface area contributed by atoms with Crippen molar-refractivity contribution in [3.05, 3.63) is 59.7 Å². The molecule has 3 heteroatoms. The van der Waals surface area contributed by atoms with Crippen LogP contribution in [0.2, 0.25) is 0 Å². The summed E-state index contributed by atoms with van der Waals surface area (Å²) in [7, 11) is 0.507. The van der Waals surface area contributed by atoms with E-state index in [-0.39, 0.29) is 26.6 Å². The van der Waals surface area contributed by atoms with Gasteiger partial charge in [-0.15, -0.1) is 0 Å². The third-order valence-electron chi connectivity index (χ3n) is 3.17. The van der Waals surface area contributed by atoms with Crippen molar-refractivity contribution in [3.8, 4) is 0 Å². The predicted molar refractivity (Wildman–Crippen MR) is 87.3 cm³/mol. The zero-order chi connectivity index (χ0) is 12.1. The fraction of sp³-hybridized carbons (Fsp3) is 0.143. The maximum atomic E-state index is 2.36. The maximum absolute atomic E-state index is 2.36. The topological polar surface area (TPSA) is 0 Å². The van der Waals surface area contributed by atoms with Crippen molar-refractivity contribution in [2.24, 2.45) is 0 Å². The van der Waals surface area contributed by atoms with Crippen LogP contribution in [0, 0.1) is 13.8 Å². The Morgan fingerprint density at radius 2 is 0.941 bits per heavy atom. The molecule has 0 saturated carbocycles. The lowest BCUT2D eigenvalue weighted by Gasteiger charge is -2.02. The Morgan fingerprint density at radius 3 is 1.29 bits per heavy atom. The lowest BCUT2D eigenvalue weighted by Crippen LogP contribution is -2.31. The summed E-state index contributed by atoms with van der Waals surface area (Å²) in [5.41, 5.74) is 2.78. The van der Waals surface area contributed by atoms with Gasteiger partial charge in [0.15, 0.2) is 0 Å². The first-order valence-electron chi connectivity index (χ1n) is 6.35. The monoisotopic (exact) mass is 272 g/mol. The number of aryl methyl sites for hydroxylation is 2. The van der Waals surface area contributed by atoms with Crippen LogP contribution in [-0.4, -0.2) is 26.6 Å². The van der Waals surface area contributed by atoms with E-state index in [4.69, 9.17) is 0 Å². The lowest BCUT2D eigenvalue weighted by molar-refractivity contribution is 1.49. The Hall–Kier alpha value is -0.909. The van der Waals surface area contributed by atoms with Crippen LogP contribution >= 0.6 is 0 Å². The number of benzene rings is 2. The second-order valence-electron chi connectivity index (χ2n) is 4.82. The second kappa shape index (κ2) is 6.14. The molecule has 0 aliphatic carbocycles. The van der Waals surface area contributed by atoms with Crippen molar-refractivity contribution in [3.63, 3.8) is 0 Å². The van der Waals surface area contributed by atoms with Crippen LogP contribution in [-0.2, 0) is 0 Å². The van der Waals surface area contributed by atoms with Crippen LogP contribution in [0.5, 0.6) is 0 Å². The van der Waals surface area contributed by atoms with Gasteiger partial charge in [0, 0.05) is 26.6 Å². The molecule has 2 aromatic rings. The summed E-state index contributed by atoms with van der Waals surface area (Å²) >= 11 is 0. The highest BCUT2D eigenvalue weighted by atomic mass is 29.5. The average molecular weight is 273 g/mol. The van der Waals surface area contributed by atoms with Crippen molar-refractivity contribution < 1.29 is 0 Å². The van der Waals surface area contributed by atoms with Crippen molar-refractivity contribution in [2.75, 3.05) is 0 Å². The Kier molecular flexibility index (Phi) is 4.53. The summed E-state index contributed by atoms with van der Waals surface area (Å²) in [6.45, 7) is 4.34. The van der Waals surface area contributed by atoms with Crippen molar-refractivity contribution in [1.82, 2.24) is 0 Å². The number of hydrogen-bond acceptors (Lipinski definition) is 0. The van der Waals surface area contributed by atoms with Gasteiger partial charge in [0.05, 0.1) is 0 Å². The van der Waals surface area contributed by atoms with Crippen LogP contribution in [0.15, 0.2) is 48.5 Å². The van der Waals surface area contributed by atoms with Crippen molar-refractivity contribution >= 4 is 37.0 Å². The summed E-state index contributed by atoms with van der Waals surface area (Å²) in [4.78, 5) is 0. The van der Waals surface area contributed by atoms with Gasteiger partial charge in [0.25, 0.3) is 0 Å². The smallest absolute Gasteiger partial charge is 0.0396 e. The molecule has 2 rings (SSSR count). The Bertz CT molecular complexity index is 414. The zero-order valence-corrected chi connectivity index (χ0v) is 15.0. The molecule has 0 N–H and O–H groups in total. The van der Waals surface area contributed by atoms with Crippen LogP contribution < -0.4 is 10.4 Å². The third-order valence-corrected chi connectivity index (χ3v) is 17.9. The standard InChI is InChI=1S/C14H20Si3/c1-11-3-7-13(8-4-11)15-17-16-14-9-5-12(2)6-10-14/h3-10H,15-17H2,1-2H3. The SMILES string of the molecule is Cc1ccc([SiH2][SiH2][SiH2]c2ccc(C)cc2)cc1. The van der Waals surface area contributed by atoms with E-state index in [1.807, 2.05) is 0 Å². The fourth-order valence-electron chi connectivity index (χ4n) is 2.01. The largest absolute Gasteiger partial charge is 0.0704 e. The summed E-state index contributed by atoms with van der Waals surface area (Å²) in [5.74, 6) is 0. The molecule has 0 radical (unpaired) electrons. The first-order valence-corrected chi connectivity index (χ1v) is 15.8. The normalized spacial score (nSPS) is 12.6. The highest BCUT2D eigenvalue weighted by molar-refractivity contribution is 7.35. The van der Waals surface area contributed by atoms with Gasteiger partial charge in [-0.3, -0.25) is 0 Å². The van der Waals surface area contributed by atoms with Gasteiger partial charge in [-0.05, 0) is 13.8 Å². The van der Waals surface area contributed by atoms with E-state index in [9.17, 15) is 0 Å². The molecule has 0 atom stereocenters. The van der Waals surface area contributed by atoms with Gasteiger partial charge in [-0.25, -0.2) is 0 Å². The second-order valence-corrected chi connectivity index (χ2v) is 19.7. The Balaban J connectivity index is 1.83. The summed E-state index contributed by atoms with van der Waals surface area (Å²) in [5, 5.41) is 3.36. The van der Waals surface area contributed by atoms with E-state index >= 15 is 0 Å². The molecule has 0 unspecified atom stereocenters. The Labute approximate surface area is 111 Å². The molecule has 0 aromatic heterocycles. The van der Waals surface area contributed by atoms with E-state index in [2.05, 4.69) is 62.4 Å². The first kappa shape index (κ1) is 12.5. The highest BCUT2D eigenvalue weighted by Crippen LogP contribution is 1.93. The lowest BCUT2D eigenvalue weighted by atomic mass is 10.2. The number of rotatable bonds is 4. The minimum atomic E-state index is 0.120. The molecule has 17 heavy (non-hydrogen) atoms. The molecule has 0 heterocycles. The molecule has 0 nitrogen and oxygen atoms in total. The molecule has 0 aliphatic heterocycles. The molecule has 0 saturated heterocycles. The summed E-state index contributed by atoms with van der Waals surface area (Å²) in [6, 6.07) is 18.5. The molecule has 0 spiro atoms. The summed E-state index contributed by atoms with van der Waals surface area (Å²) < 4.78 is 0. The van der Waals surface area contributed by atoms with Gasteiger partial charge < -0.3 is 0 Å².